The number of hydrogen-bond donors (Lipinski definition) is 0. The third kappa shape index (κ3) is 4.57. The maximum absolute atomic E-state index is 12.9. The summed E-state index contributed by atoms with van der Waals surface area (Å²) in [5.74, 6) is 0.278. The molecule has 1 aromatic rings. The molecule has 24 heavy (non-hydrogen) atoms. The molecule has 0 bridgehead atoms. The van der Waals surface area contributed by atoms with E-state index in [-0.39, 0.29) is 17.9 Å². The summed E-state index contributed by atoms with van der Waals surface area (Å²) in [5.41, 5.74) is 2.15. The molecule has 1 atom stereocenters. The Morgan fingerprint density at radius 1 is 1.25 bits per heavy atom. The van der Waals surface area contributed by atoms with E-state index in [0.29, 0.717) is 19.5 Å². The van der Waals surface area contributed by atoms with Gasteiger partial charge < -0.3 is 9.80 Å². The second-order valence-electron chi connectivity index (χ2n) is 6.88. The number of piperidine rings is 1. The first-order valence-corrected chi connectivity index (χ1v) is 8.66. The van der Waals surface area contributed by atoms with Crippen molar-refractivity contribution in [1.82, 2.24) is 14.7 Å². The van der Waals surface area contributed by atoms with Gasteiger partial charge in [0, 0.05) is 33.1 Å². The Labute approximate surface area is 145 Å². The molecule has 132 valence electrons. The lowest BCUT2D eigenvalue weighted by Crippen LogP contribution is -2.44. The number of hydrogen-bond acceptors (Lipinski definition) is 3. The summed E-state index contributed by atoms with van der Waals surface area (Å²) < 4.78 is 0. The molecule has 2 rings (SSSR count). The second-order valence-corrected chi connectivity index (χ2v) is 6.88. The van der Waals surface area contributed by atoms with Crippen LogP contribution >= 0.6 is 0 Å². The summed E-state index contributed by atoms with van der Waals surface area (Å²) in [6, 6.07) is 7.78. The molecular formula is C19H29N3O2. The lowest BCUT2D eigenvalue weighted by molar-refractivity contribution is -0.138. The Bertz CT molecular complexity index is 586. The predicted octanol–water partition coefficient (Wildman–Crippen LogP) is 2.07. The molecule has 0 spiro atoms. The zero-order valence-electron chi connectivity index (χ0n) is 15.3. The van der Waals surface area contributed by atoms with E-state index in [1.54, 1.807) is 4.90 Å². The minimum atomic E-state index is -0.299. The summed E-state index contributed by atoms with van der Waals surface area (Å²) in [6.07, 6.45) is 2.69. The van der Waals surface area contributed by atoms with Crippen molar-refractivity contribution in [2.75, 3.05) is 40.8 Å². The third-order valence-electron chi connectivity index (χ3n) is 4.61. The molecule has 0 unspecified atom stereocenters. The van der Waals surface area contributed by atoms with Gasteiger partial charge in [-0.3, -0.25) is 14.5 Å². The van der Waals surface area contributed by atoms with Gasteiger partial charge in [-0.2, -0.15) is 0 Å². The van der Waals surface area contributed by atoms with Crippen LogP contribution in [0.3, 0.4) is 0 Å². The van der Waals surface area contributed by atoms with Crippen LogP contribution in [0.4, 0.5) is 0 Å². The van der Waals surface area contributed by atoms with Gasteiger partial charge in [0.05, 0.1) is 0 Å². The van der Waals surface area contributed by atoms with Crippen molar-refractivity contribution in [2.24, 2.45) is 0 Å². The van der Waals surface area contributed by atoms with Crippen molar-refractivity contribution in [2.45, 2.75) is 32.2 Å². The SMILES string of the molecule is Cc1cccc([C@H](C(=O)N(C)CCN2CCCCC2=O)N(C)C)c1. The number of benzene rings is 1. The van der Waals surface area contributed by atoms with Crippen molar-refractivity contribution in [1.29, 1.82) is 0 Å². The number of amides is 2. The predicted molar refractivity (Wildman–Crippen MR) is 95.7 cm³/mol. The Hall–Kier alpha value is -1.88. The van der Waals surface area contributed by atoms with Gasteiger partial charge in [0.1, 0.15) is 6.04 Å². The number of likely N-dealkylation sites (tertiary alicyclic amines) is 1. The van der Waals surface area contributed by atoms with Crippen LogP contribution in [-0.2, 0) is 9.59 Å². The molecule has 0 aromatic heterocycles. The van der Waals surface area contributed by atoms with E-state index in [1.807, 2.05) is 56.1 Å². The summed E-state index contributed by atoms with van der Waals surface area (Å²) in [7, 11) is 5.67. The Morgan fingerprint density at radius 2 is 2.00 bits per heavy atom. The monoisotopic (exact) mass is 331 g/mol. The van der Waals surface area contributed by atoms with E-state index < -0.39 is 0 Å². The van der Waals surface area contributed by atoms with Crippen LogP contribution < -0.4 is 0 Å². The van der Waals surface area contributed by atoms with E-state index in [2.05, 4.69) is 6.07 Å². The van der Waals surface area contributed by atoms with Crippen molar-refractivity contribution >= 4 is 11.8 Å². The number of aryl methyl sites for hydroxylation is 1. The Kier molecular flexibility index (Phi) is 6.37. The fourth-order valence-electron chi connectivity index (χ4n) is 3.19. The molecule has 5 nitrogen and oxygen atoms in total. The van der Waals surface area contributed by atoms with Crippen LogP contribution in [0, 0.1) is 6.92 Å². The largest absolute Gasteiger partial charge is 0.342 e. The topological polar surface area (TPSA) is 43.9 Å². The molecule has 0 N–H and O–H groups in total. The molecule has 0 saturated carbocycles. The number of carbonyl (C=O) groups is 2. The van der Waals surface area contributed by atoms with Gasteiger partial charge in [-0.1, -0.05) is 29.8 Å². The van der Waals surface area contributed by atoms with Gasteiger partial charge in [-0.25, -0.2) is 0 Å². The van der Waals surface area contributed by atoms with Crippen molar-refractivity contribution < 1.29 is 9.59 Å². The van der Waals surface area contributed by atoms with Crippen molar-refractivity contribution in [3.05, 3.63) is 35.4 Å². The molecule has 1 aromatic carbocycles. The van der Waals surface area contributed by atoms with Crippen LogP contribution in [-0.4, -0.2) is 67.3 Å². The smallest absolute Gasteiger partial charge is 0.244 e. The first-order valence-electron chi connectivity index (χ1n) is 8.66. The molecule has 1 fully saturated rings. The van der Waals surface area contributed by atoms with Crippen LogP contribution in [0.25, 0.3) is 0 Å². The molecule has 5 heteroatoms. The molecule has 1 aliphatic heterocycles. The maximum Gasteiger partial charge on any atom is 0.244 e. The van der Waals surface area contributed by atoms with E-state index in [0.717, 1.165) is 30.5 Å². The van der Waals surface area contributed by atoms with Crippen LogP contribution in [0.5, 0.6) is 0 Å². The average Bonchev–Trinajstić information content (AvgIpc) is 2.53. The average molecular weight is 331 g/mol. The first kappa shape index (κ1) is 18.5. The van der Waals surface area contributed by atoms with Crippen molar-refractivity contribution in [3.63, 3.8) is 0 Å². The highest BCUT2D eigenvalue weighted by atomic mass is 16.2. The van der Waals surface area contributed by atoms with Gasteiger partial charge in [0.25, 0.3) is 0 Å². The fraction of sp³-hybridized carbons (Fsp3) is 0.579. The first-order chi connectivity index (χ1) is 11.4. The minimum Gasteiger partial charge on any atom is -0.342 e. The summed E-state index contributed by atoms with van der Waals surface area (Å²) in [5, 5.41) is 0. The zero-order valence-corrected chi connectivity index (χ0v) is 15.3. The van der Waals surface area contributed by atoms with Crippen LogP contribution in [0.15, 0.2) is 24.3 Å². The lowest BCUT2D eigenvalue weighted by Gasteiger charge is -2.32. The Balaban J connectivity index is 2.02. The molecule has 2 amide bonds. The molecule has 0 radical (unpaired) electrons. The van der Waals surface area contributed by atoms with E-state index in [1.165, 1.54) is 0 Å². The van der Waals surface area contributed by atoms with Gasteiger partial charge in [0.15, 0.2) is 0 Å². The zero-order chi connectivity index (χ0) is 17.7. The highest BCUT2D eigenvalue weighted by molar-refractivity contribution is 5.83. The normalized spacial score (nSPS) is 16.4. The van der Waals surface area contributed by atoms with E-state index >= 15 is 0 Å². The number of carbonyl (C=O) groups excluding carboxylic acids is 2. The minimum absolute atomic E-state index is 0.0649. The van der Waals surface area contributed by atoms with Crippen LogP contribution in [0.1, 0.15) is 36.4 Å². The highest BCUT2D eigenvalue weighted by Gasteiger charge is 2.27. The number of nitrogens with zero attached hydrogens (tertiary/aromatic N) is 3. The summed E-state index contributed by atoms with van der Waals surface area (Å²) in [6.45, 7) is 4.04. The lowest BCUT2D eigenvalue weighted by atomic mass is 10.0. The van der Waals surface area contributed by atoms with E-state index in [9.17, 15) is 9.59 Å². The maximum atomic E-state index is 12.9. The van der Waals surface area contributed by atoms with Gasteiger partial charge in [-0.05, 0) is 39.4 Å². The quantitative estimate of drug-likeness (QED) is 0.801. The van der Waals surface area contributed by atoms with E-state index in [4.69, 9.17) is 0 Å². The van der Waals surface area contributed by atoms with Gasteiger partial charge >= 0.3 is 0 Å². The fourth-order valence-corrected chi connectivity index (χ4v) is 3.19. The second kappa shape index (κ2) is 8.29. The summed E-state index contributed by atoms with van der Waals surface area (Å²) in [4.78, 5) is 30.4. The molecule has 1 saturated heterocycles. The Morgan fingerprint density at radius 3 is 2.62 bits per heavy atom. The molecule has 0 aliphatic carbocycles. The van der Waals surface area contributed by atoms with Crippen LogP contribution in [0.2, 0.25) is 0 Å². The van der Waals surface area contributed by atoms with Gasteiger partial charge in [-0.15, -0.1) is 0 Å². The molecule has 1 heterocycles. The number of rotatable bonds is 6. The third-order valence-corrected chi connectivity index (χ3v) is 4.61. The number of likely N-dealkylation sites (N-methyl/N-ethyl adjacent to an activating group) is 2. The molecule has 1 aliphatic rings. The highest BCUT2D eigenvalue weighted by Crippen LogP contribution is 2.21. The molecular weight excluding hydrogens is 302 g/mol. The standard InChI is InChI=1S/C19H29N3O2/c1-15-8-7-9-16(14-15)18(20(2)3)19(24)21(4)12-13-22-11-6-5-10-17(22)23/h7-9,14,18H,5-6,10-13H2,1-4H3/t18-/m1/s1. The van der Waals surface area contributed by atoms with Crippen molar-refractivity contribution in [3.8, 4) is 0 Å². The van der Waals surface area contributed by atoms with Gasteiger partial charge in [0.2, 0.25) is 11.8 Å². The summed E-state index contributed by atoms with van der Waals surface area (Å²) >= 11 is 0.